The van der Waals surface area contributed by atoms with Gasteiger partial charge in [0.1, 0.15) is 13.2 Å². The second-order valence-corrected chi connectivity index (χ2v) is 6.55. The Hall–Kier alpha value is -3.20. The number of rotatable bonds is 7. The van der Waals surface area contributed by atoms with Crippen LogP contribution >= 0.6 is 12.2 Å². The Labute approximate surface area is 180 Å². The van der Waals surface area contributed by atoms with Gasteiger partial charge in [0.2, 0.25) is 0 Å². The molecule has 8 nitrogen and oxygen atoms in total. The van der Waals surface area contributed by atoms with Gasteiger partial charge < -0.3 is 34.3 Å². The van der Waals surface area contributed by atoms with Gasteiger partial charge in [-0.25, -0.2) is 4.79 Å². The van der Waals surface area contributed by atoms with Gasteiger partial charge in [-0.1, -0.05) is 0 Å². The van der Waals surface area contributed by atoms with E-state index in [9.17, 15) is 4.79 Å². The number of ether oxygens (including phenoxy) is 5. The van der Waals surface area contributed by atoms with Gasteiger partial charge in [0, 0.05) is 11.8 Å². The van der Waals surface area contributed by atoms with Crippen LogP contribution in [0.15, 0.2) is 30.3 Å². The van der Waals surface area contributed by atoms with E-state index in [-0.39, 0.29) is 0 Å². The number of hydrogen-bond acceptors (Lipinski definition) is 7. The predicted octanol–water partition coefficient (Wildman–Crippen LogP) is 3.85. The summed E-state index contributed by atoms with van der Waals surface area (Å²) >= 11 is 5.45. The third-order valence-electron chi connectivity index (χ3n) is 4.11. The number of carbonyl (C=O) groups excluding carboxylic acids is 1. The highest BCUT2D eigenvalue weighted by atomic mass is 32.1. The Balaban J connectivity index is 1.85. The summed E-state index contributed by atoms with van der Waals surface area (Å²) in [5, 5.41) is 6.48. The van der Waals surface area contributed by atoms with Crippen molar-refractivity contribution in [2.45, 2.75) is 13.8 Å². The minimum atomic E-state index is -0.493. The highest BCUT2D eigenvalue weighted by Gasteiger charge is 2.19. The normalized spacial score (nSPS) is 12.0. The molecule has 1 heterocycles. The molecule has 0 spiro atoms. The van der Waals surface area contributed by atoms with Crippen LogP contribution in [-0.2, 0) is 4.74 Å². The number of thiocarbonyl (C=S) groups is 1. The van der Waals surface area contributed by atoms with Crippen LogP contribution in [0.2, 0.25) is 0 Å². The summed E-state index contributed by atoms with van der Waals surface area (Å²) in [4.78, 5) is 12.1. The molecule has 2 N–H and O–H groups in total. The van der Waals surface area contributed by atoms with Crippen molar-refractivity contribution in [1.29, 1.82) is 0 Å². The van der Waals surface area contributed by atoms with Gasteiger partial charge in [-0.15, -0.1) is 0 Å². The maximum Gasteiger partial charge on any atom is 0.338 e. The maximum absolute atomic E-state index is 12.1. The van der Waals surface area contributed by atoms with Crippen LogP contribution in [0, 0.1) is 0 Å². The number of benzene rings is 2. The molecule has 1 aliphatic heterocycles. The number of methoxy groups -OCH3 is 1. The average Bonchev–Trinajstić information content (AvgIpc) is 2.75. The quantitative estimate of drug-likeness (QED) is 0.500. The number of esters is 1. The van der Waals surface area contributed by atoms with Crippen LogP contribution in [0.4, 0.5) is 11.4 Å². The molecule has 0 fully saturated rings. The van der Waals surface area contributed by atoms with Gasteiger partial charge in [0.15, 0.2) is 28.1 Å². The van der Waals surface area contributed by atoms with Crippen molar-refractivity contribution < 1.29 is 28.5 Å². The SMILES string of the molecule is CCOc1cc(C(=O)OC)cc(NC(=S)Nc2ccc3c(c2)OCCO3)c1OCC. The fraction of sp³-hybridized carbons (Fsp3) is 0.333. The molecule has 30 heavy (non-hydrogen) atoms. The topological polar surface area (TPSA) is 87.3 Å². The smallest absolute Gasteiger partial charge is 0.338 e. The van der Waals surface area contributed by atoms with Gasteiger partial charge >= 0.3 is 5.97 Å². The van der Waals surface area contributed by atoms with Crippen molar-refractivity contribution >= 4 is 34.7 Å². The minimum Gasteiger partial charge on any atom is -0.490 e. The maximum atomic E-state index is 12.1. The fourth-order valence-corrected chi connectivity index (χ4v) is 3.12. The molecule has 0 aromatic heterocycles. The zero-order chi connectivity index (χ0) is 21.5. The predicted molar refractivity (Wildman–Crippen MR) is 117 cm³/mol. The largest absolute Gasteiger partial charge is 0.490 e. The summed E-state index contributed by atoms with van der Waals surface area (Å²) < 4.78 is 27.4. The fourth-order valence-electron chi connectivity index (χ4n) is 2.89. The van der Waals surface area contributed by atoms with Crippen molar-refractivity contribution in [1.82, 2.24) is 0 Å². The first-order chi connectivity index (χ1) is 14.5. The van der Waals surface area contributed by atoms with Gasteiger partial charge in [-0.2, -0.15) is 0 Å². The van der Waals surface area contributed by atoms with E-state index in [1.165, 1.54) is 7.11 Å². The van der Waals surface area contributed by atoms with Crippen LogP contribution in [0.25, 0.3) is 0 Å². The molecule has 2 aromatic carbocycles. The molecule has 0 atom stereocenters. The van der Waals surface area contributed by atoms with Crippen LogP contribution in [-0.4, -0.2) is 44.6 Å². The van der Waals surface area contributed by atoms with Crippen molar-refractivity contribution in [3.63, 3.8) is 0 Å². The van der Waals surface area contributed by atoms with Crippen LogP contribution in [0.1, 0.15) is 24.2 Å². The van der Waals surface area contributed by atoms with Crippen LogP contribution < -0.4 is 29.6 Å². The first-order valence-electron chi connectivity index (χ1n) is 9.55. The van der Waals surface area contributed by atoms with E-state index < -0.39 is 5.97 Å². The molecule has 1 aliphatic rings. The Morgan fingerprint density at radius 1 is 1.03 bits per heavy atom. The van der Waals surface area contributed by atoms with E-state index >= 15 is 0 Å². The number of anilines is 2. The summed E-state index contributed by atoms with van der Waals surface area (Å²) in [6, 6.07) is 8.65. The summed E-state index contributed by atoms with van der Waals surface area (Å²) in [6.07, 6.45) is 0. The summed E-state index contributed by atoms with van der Waals surface area (Å²) in [5.74, 6) is 1.73. The molecular weight excluding hydrogens is 408 g/mol. The lowest BCUT2D eigenvalue weighted by molar-refractivity contribution is 0.0600. The van der Waals surface area contributed by atoms with Gasteiger partial charge in [0.05, 0.1) is 31.6 Å². The molecule has 9 heteroatoms. The third kappa shape index (κ3) is 5.04. The van der Waals surface area contributed by atoms with E-state index in [0.29, 0.717) is 65.8 Å². The lowest BCUT2D eigenvalue weighted by Crippen LogP contribution is -2.21. The molecule has 0 unspecified atom stereocenters. The highest BCUT2D eigenvalue weighted by Crippen LogP contribution is 2.38. The Bertz CT molecular complexity index is 934. The van der Waals surface area contributed by atoms with Crippen molar-refractivity contribution in [2.24, 2.45) is 0 Å². The highest BCUT2D eigenvalue weighted by molar-refractivity contribution is 7.80. The third-order valence-corrected chi connectivity index (χ3v) is 4.32. The molecule has 0 aliphatic carbocycles. The Morgan fingerprint density at radius 2 is 1.77 bits per heavy atom. The zero-order valence-electron chi connectivity index (χ0n) is 17.1. The lowest BCUT2D eigenvalue weighted by Gasteiger charge is -2.20. The van der Waals surface area contributed by atoms with Crippen molar-refractivity contribution in [3.05, 3.63) is 35.9 Å². The molecule has 0 radical (unpaired) electrons. The summed E-state index contributed by atoms with van der Waals surface area (Å²) in [5.41, 5.74) is 1.52. The van der Waals surface area contributed by atoms with Crippen LogP contribution in [0.3, 0.4) is 0 Å². The van der Waals surface area contributed by atoms with Gasteiger partial charge in [-0.3, -0.25) is 0 Å². The summed E-state index contributed by atoms with van der Waals surface area (Å²) in [7, 11) is 1.32. The van der Waals surface area contributed by atoms with Crippen LogP contribution in [0.5, 0.6) is 23.0 Å². The number of fused-ring (bicyclic) bond motifs is 1. The van der Waals surface area contributed by atoms with E-state index in [2.05, 4.69) is 10.6 Å². The molecular formula is C21H24N2O6S. The van der Waals surface area contributed by atoms with E-state index in [4.69, 9.17) is 35.9 Å². The second-order valence-electron chi connectivity index (χ2n) is 6.15. The van der Waals surface area contributed by atoms with Gasteiger partial charge in [-0.05, 0) is 50.3 Å². The van der Waals surface area contributed by atoms with E-state index in [1.54, 1.807) is 12.1 Å². The Kier molecular flexibility index (Phi) is 7.18. The molecule has 3 rings (SSSR count). The zero-order valence-corrected chi connectivity index (χ0v) is 17.9. The number of carbonyl (C=O) groups is 1. The first kappa shape index (κ1) is 21.5. The molecule has 0 amide bonds. The van der Waals surface area contributed by atoms with E-state index in [0.717, 1.165) is 5.69 Å². The van der Waals surface area contributed by atoms with Crippen molar-refractivity contribution in [2.75, 3.05) is 44.2 Å². The molecule has 160 valence electrons. The second kappa shape index (κ2) is 10.0. The van der Waals surface area contributed by atoms with Gasteiger partial charge in [0.25, 0.3) is 0 Å². The molecule has 2 aromatic rings. The standard InChI is InChI=1S/C21H24N2O6S/c1-4-26-18-11-13(20(24)25-3)10-15(19(18)27-5-2)23-21(30)22-14-6-7-16-17(12-14)29-9-8-28-16/h6-7,10-12H,4-5,8-9H2,1-3H3,(H2,22,23,30). The van der Waals surface area contributed by atoms with Crippen molar-refractivity contribution in [3.8, 4) is 23.0 Å². The number of nitrogens with one attached hydrogen (secondary N) is 2. The summed E-state index contributed by atoms with van der Waals surface area (Å²) in [6.45, 7) is 5.55. The van der Waals surface area contributed by atoms with E-state index in [1.807, 2.05) is 32.0 Å². The molecule has 0 saturated carbocycles. The Morgan fingerprint density at radius 3 is 2.47 bits per heavy atom. The average molecular weight is 432 g/mol. The molecule has 0 saturated heterocycles. The lowest BCUT2D eigenvalue weighted by atomic mass is 10.1. The minimum absolute atomic E-state index is 0.303. The number of hydrogen-bond donors (Lipinski definition) is 2. The molecule has 0 bridgehead atoms. The first-order valence-corrected chi connectivity index (χ1v) is 9.96. The monoisotopic (exact) mass is 432 g/mol.